The number of aryl methyl sites for hydroxylation is 1. The van der Waals surface area contributed by atoms with Crippen molar-refractivity contribution >= 4 is 35.0 Å². The Labute approximate surface area is 169 Å². The quantitative estimate of drug-likeness (QED) is 0.747. The first kappa shape index (κ1) is 21.4. The smallest absolute Gasteiger partial charge is 0.243 e. The second kappa shape index (κ2) is 9.90. The first-order chi connectivity index (χ1) is 13.2. The van der Waals surface area contributed by atoms with Crippen molar-refractivity contribution in [3.05, 3.63) is 64.7 Å². The zero-order valence-corrected chi connectivity index (χ0v) is 16.9. The van der Waals surface area contributed by atoms with Gasteiger partial charge in [0.05, 0.1) is 19.0 Å². The first-order valence-electron chi connectivity index (χ1n) is 8.87. The number of anilines is 1. The van der Waals surface area contributed by atoms with E-state index in [0.717, 1.165) is 11.1 Å². The molecule has 0 aromatic heterocycles. The van der Waals surface area contributed by atoms with Crippen LogP contribution in [0.2, 0.25) is 5.02 Å². The molecule has 7 heteroatoms. The molecule has 3 amide bonds. The van der Waals surface area contributed by atoms with Gasteiger partial charge >= 0.3 is 0 Å². The maximum absolute atomic E-state index is 12.6. The van der Waals surface area contributed by atoms with E-state index >= 15 is 0 Å². The molecular weight excluding hydrogens is 378 g/mol. The molecule has 148 valence electrons. The van der Waals surface area contributed by atoms with Crippen LogP contribution >= 0.6 is 11.6 Å². The number of nitrogens with one attached hydrogen (secondary N) is 2. The van der Waals surface area contributed by atoms with Crippen LogP contribution < -0.4 is 10.6 Å². The van der Waals surface area contributed by atoms with Crippen LogP contribution in [0.5, 0.6) is 0 Å². The average Bonchev–Trinajstić information content (AvgIpc) is 2.63. The van der Waals surface area contributed by atoms with E-state index in [2.05, 4.69) is 10.6 Å². The molecule has 0 aliphatic carbocycles. The van der Waals surface area contributed by atoms with Gasteiger partial charge in [-0.05, 0) is 36.8 Å². The van der Waals surface area contributed by atoms with E-state index in [9.17, 15) is 14.4 Å². The fraction of sp³-hybridized carbons (Fsp3) is 0.286. The van der Waals surface area contributed by atoms with Crippen molar-refractivity contribution < 1.29 is 14.4 Å². The summed E-state index contributed by atoms with van der Waals surface area (Å²) in [5.41, 5.74) is 2.54. The van der Waals surface area contributed by atoms with Gasteiger partial charge in [0.1, 0.15) is 0 Å². The van der Waals surface area contributed by atoms with Gasteiger partial charge in [0.15, 0.2) is 0 Å². The highest BCUT2D eigenvalue weighted by atomic mass is 35.5. The number of halogens is 1. The Kier molecular flexibility index (Phi) is 7.58. The van der Waals surface area contributed by atoms with Crippen molar-refractivity contribution in [2.24, 2.45) is 0 Å². The molecule has 2 aromatic rings. The fourth-order valence-electron chi connectivity index (χ4n) is 2.66. The number of hydrogen-bond donors (Lipinski definition) is 2. The lowest BCUT2D eigenvalue weighted by atomic mass is 10.0. The molecule has 2 aromatic carbocycles. The molecule has 0 aliphatic rings. The number of carbonyl (C=O) groups is 3. The number of hydrogen-bond acceptors (Lipinski definition) is 3. The summed E-state index contributed by atoms with van der Waals surface area (Å²) in [6.45, 7) is 3.27. The largest absolute Gasteiger partial charge is 0.349 e. The van der Waals surface area contributed by atoms with Crippen LogP contribution in [-0.2, 0) is 14.4 Å². The van der Waals surface area contributed by atoms with E-state index in [4.69, 9.17) is 11.6 Å². The molecule has 1 unspecified atom stereocenters. The van der Waals surface area contributed by atoms with Crippen molar-refractivity contribution in [3.8, 4) is 0 Å². The third-order valence-electron chi connectivity index (χ3n) is 4.17. The van der Waals surface area contributed by atoms with E-state index in [1.807, 2.05) is 31.2 Å². The van der Waals surface area contributed by atoms with E-state index in [-0.39, 0.29) is 30.7 Å². The number of benzene rings is 2. The highest BCUT2D eigenvalue weighted by Crippen LogP contribution is 2.20. The topological polar surface area (TPSA) is 78.5 Å². The van der Waals surface area contributed by atoms with Crippen molar-refractivity contribution in [2.75, 3.05) is 18.9 Å². The minimum absolute atomic E-state index is 0.0372. The number of rotatable bonds is 7. The Hall–Kier alpha value is -2.86. The van der Waals surface area contributed by atoms with Crippen LogP contribution in [0.15, 0.2) is 48.5 Å². The highest BCUT2D eigenvalue weighted by molar-refractivity contribution is 6.30. The highest BCUT2D eigenvalue weighted by Gasteiger charge is 2.21. The number of amides is 3. The van der Waals surface area contributed by atoms with Crippen molar-refractivity contribution in [1.29, 1.82) is 0 Å². The minimum atomic E-state index is -0.495. The Morgan fingerprint density at radius 2 is 1.64 bits per heavy atom. The standard InChI is InChI=1S/C21H24ClN3O3/c1-14-4-10-18(11-5-14)24-20(27)13-25(3)21(28)12-19(23-15(2)26)16-6-8-17(22)9-7-16/h4-11,19H,12-13H2,1-3H3,(H,23,26)(H,24,27). The molecule has 0 fully saturated rings. The third-order valence-corrected chi connectivity index (χ3v) is 4.42. The van der Waals surface area contributed by atoms with Crippen molar-refractivity contribution in [3.63, 3.8) is 0 Å². The van der Waals surface area contributed by atoms with Gasteiger partial charge in [-0.2, -0.15) is 0 Å². The molecule has 1 atom stereocenters. The van der Waals surface area contributed by atoms with Crippen molar-refractivity contribution in [1.82, 2.24) is 10.2 Å². The zero-order valence-electron chi connectivity index (χ0n) is 16.2. The molecule has 0 bridgehead atoms. The van der Waals surface area contributed by atoms with Crippen molar-refractivity contribution in [2.45, 2.75) is 26.3 Å². The van der Waals surface area contributed by atoms with Gasteiger partial charge in [0, 0.05) is 24.7 Å². The van der Waals surface area contributed by atoms with Gasteiger partial charge in [-0.15, -0.1) is 0 Å². The Morgan fingerprint density at radius 1 is 1.04 bits per heavy atom. The van der Waals surface area contributed by atoms with E-state index in [1.54, 1.807) is 31.3 Å². The van der Waals surface area contributed by atoms with Crippen LogP contribution in [0.1, 0.15) is 30.5 Å². The summed E-state index contributed by atoms with van der Waals surface area (Å²) in [5.74, 6) is -0.789. The minimum Gasteiger partial charge on any atom is -0.349 e. The predicted molar refractivity (Wildman–Crippen MR) is 110 cm³/mol. The SMILES string of the molecule is CC(=O)NC(CC(=O)N(C)CC(=O)Nc1ccc(C)cc1)c1ccc(Cl)cc1. The molecule has 28 heavy (non-hydrogen) atoms. The van der Waals surface area contributed by atoms with E-state index < -0.39 is 6.04 Å². The molecule has 0 spiro atoms. The molecule has 0 radical (unpaired) electrons. The summed E-state index contributed by atoms with van der Waals surface area (Å²) >= 11 is 5.90. The molecular formula is C21H24ClN3O3. The molecule has 0 saturated carbocycles. The van der Waals surface area contributed by atoms with Crippen LogP contribution in [0.4, 0.5) is 5.69 Å². The summed E-state index contributed by atoms with van der Waals surface area (Å²) in [7, 11) is 1.56. The lowest BCUT2D eigenvalue weighted by Gasteiger charge is -2.22. The van der Waals surface area contributed by atoms with Gasteiger partial charge < -0.3 is 15.5 Å². The number of nitrogens with zero attached hydrogens (tertiary/aromatic N) is 1. The lowest BCUT2D eigenvalue weighted by Crippen LogP contribution is -2.38. The summed E-state index contributed by atoms with van der Waals surface area (Å²) < 4.78 is 0. The molecule has 6 nitrogen and oxygen atoms in total. The number of likely N-dealkylation sites (N-methyl/N-ethyl adjacent to an activating group) is 1. The maximum Gasteiger partial charge on any atom is 0.243 e. The fourth-order valence-corrected chi connectivity index (χ4v) is 2.79. The molecule has 2 N–H and O–H groups in total. The average molecular weight is 402 g/mol. The second-order valence-electron chi connectivity index (χ2n) is 6.67. The van der Waals surface area contributed by atoms with Gasteiger partial charge in [0.2, 0.25) is 17.7 Å². The van der Waals surface area contributed by atoms with Crippen LogP contribution in [0.25, 0.3) is 0 Å². The van der Waals surface area contributed by atoms with Crippen LogP contribution in [0, 0.1) is 6.92 Å². The van der Waals surface area contributed by atoms with Gasteiger partial charge in [-0.3, -0.25) is 14.4 Å². The third kappa shape index (κ3) is 6.70. The zero-order chi connectivity index (χ0) is 20.7. The van der Waals surface area contributed by atoms with Gasteiger partial charge in [0.25, 0.3) is 0 Å². The molecule has 0 aliphatic heterocycles. The number of carbonyl (C=O) groups excluding carboxylic acids is 3. The van der Waals surface area contributed by atoms with Gasteiger partial charge in [-0.1, -0.05) is 41.4 Å². The first-order valence-corrected chi connectivity index (χ1v) is 9.25. The Balaban J connectivity index is 1.97. The summed E-state index contributed by atoms with van der Waals surface area (Å²) in [6.07, 6.45) is 0.0372. The van der Waals surface area contributed by atoms with Gasteiger partial charge in [-0.25, -0.2) is 0 Å². The monoisotopic (exact) mass is 401 g/mol. The second-order valence-corrected chi connectivity index (χ2v) is 7.11. The molecule has 2 rings (SSSR count). The normalized spacial score (nSPS) is 11.4. The molecule has 0 saturated heterocycles. The summed E-state index contributed by atoms with van der Waals surface area (Å²) in [6, 6.07) is 13.9. The Morgan fingerprint density at radius 3 is 2.21 bits per heavy atom. The van der Waals surface area contributed by atoms with Crippen LogP contribution in [-0.4, -0.2) is 36.2 Å². The maximum atomic E-state index is 12.6. The van der Waals surface area contributed by atoms with E-state index in [1.165, 1.54) is 11.8 Å². The Bertz CT molecular complexity index is 835. The molecule has 0 heterocycles. The summed E-state index contributed by atoms with van der Waals surface area (Å²) in [4.78, 5) is 37.6. The van der Waals surface area contributed by atoms with Crippen LogP contribution in [0.3, 0.4) is 0 Å². The predicted octanol–water partition coefficient (Wildman–Crippen LogP) is 3.31. The lowest BCUT2D eigenvalue weighted by molar-refractivity contribution is -0.134. The summed E-state index contributed by atoms with van der Waals surface area (Å²) in [5, 5.41) is 6.10. The van der Waals surface area contributed by atoms with E-state index in [0.29, 0.717) is 10.7 Å².